The number of benzene rings is 2. The maximum Gasteiger partial charge on any atom is -0.00107 e. The molecule has 0 bridgehead atoms. The van der Waals surface area contributed by atoms with Crippen molar-refractivity contribution in [2.75, 3.05) is 0 Å². The largest absolute Gasteiger partial charge is 0.0619 e. The molecule has 0 N–H and O–H groups in total. The molecule has 0 aliphatic heterocycles. The summed E-state index contributed by atoms with van der Waals surface area (Å²) in [5.41, 5.74) is 10.6. The van der Waals surface area contributed by atoms with Crippen molar-refractivity contribution in [3.05, 3.63) is 58.1 Å². The highest BCUT2D eigenvalue weighted by Crippen LogP contribution is 2.42. The van der Waals surface area contributed by atoms with Gasteiger partial charge in [-0.05, 0) is 64.6 Å². The van der Waals surface area contributed by atoms with Crippen molar-refractivity contribution in [1.82, 2.24) is 0 Å². The van der Waals surface area contributed by atoms with Gasteiger partial charge in [0.15, 0.2) is 0 Å². The maximum absolute atomic E-state index is 2.43. The van der Waals surface area contributed by atoms with Crippen LogP contribution in [0.15, 0.2) is 30.3 Å². The minimum absolute atomic E-state index is 0.210. The lowest BCUT2D eigenvalue weighted by Gasteiger charge is -2.25. The first kappa shape index (κ1) is 12.5. The summed E-state index contributed by atoms with van der Waals surface area (Å²) in [6.07, 6.45) is 1.10. The molecule has 0 heterocycles. The van der Waals surface area contributed by atoms with Gasteiger partial charge in [-0.2, -0.15) is 0 Å². The summed E-state index contributed by atoms with van der Waals surface area (Å²) in [4.78, 5) is 0. The third-order valence-corrected chi connectivity index (χ3v) is 4.52. The molecule has 0 saturated carbocycles. The highest BCUT2D eigenvalue weighted by molar-refractivity contribution is 5.79. The zero-order chi connectivity index (χ0) is 13.8. The topological polar surface area (TPSA) is 0 Å². The Bertz CT molecular complexity index is 654. The SMILES string of the molecule is Cc1c(C(C)(C)C)cc2c(c1C)Cc1ccccc1-2. The van der Waals surface area contributed by atoms with E-state index in [1.54, 1.807) is 0 Å². The number of rotatable bonds is 0. The molecule has 2 aromatic carbocycles. The van der Waals surface area contributed by atoms with Crippen LogP contribution >= 0.6 is 0 Å². The molecule has 0 heteroatoms. The van der Waals surface area contributed by atoms with Crippen molar-refractivity contribution in [2.45, 2.75) is 46.5 Å². The molecule has 0 nitrogen and oxygen atoms in total. The molecule has 0 radical (unpaired) electrons. The molecule has 0 saturated heterocycles. The van der Waals surface area contributed by atoms with Crippen molar-refractivity contribution in [2.24, 2.45) is 0 Å². The van der Waals surface area contributed by atoms with Crippen LogP contribution in [0.5, 0.6) is 0 Å². The van der Waals surface area contributed by atoms with E-state index >= 15 is 0 Å². The number of hydrogen-bond acceptors (Lipinski definition) is 0. The van der Waals surface area contributed by atoms with Gasteiger partial charge >= 0.3 is 0 Å². The van der Waals surface area contributed by atoms with Gasteiger partial charge in [-0.25, -0.2) is 0 Å². The minimum Gasteiger partial charge on any atom is -0.0619 e. The quantitative estimate of drug-likeness (QED) is 0.516. The van der Waals surface area contributed by atoms with Crippen LogP contribution in [0.3, 0.4) is 0 Å². The van der Waals surface area contributed by atoms with Crippen LogP contribution in [0.2, 0.25) is 0 Å². The average Bonchev–Trinajstić information content (AvgIpc) is 2.71. The summed E-state index contributed by atoms with van der Waals surface area (Å²) in [7, 11) is 0. The molecule has 0 atom stereocenters. The normalized spacial score (nSPS) is 13.3. The van der Waals surface area contributed by atoms with Gasteiger partial charge in [-0.3, -0.25) is 0 Å². The van der Waals surface area contributed by atoms with Crippen molar-refractivity contribution >= 4 is 0 Å². The van der Waals surface area contributed by atoms with Gasteiger partial charge in [0.05, 0.1) is 0 Å². The molecular formula is C19H22. The smallest absolute Gasteiger partial charge is 0.00107 e. The Morgan fingerprint density at radius 1 is 0.895 bits per heavy atom. The van der Waals surface area contributed by atoms with E-state index in [-0.39, 0.29) is 5.41 Å². The molecule has 3 rings (SSSR count). The minimum atomic E-state index is 0.210. The Balaban J connectivity index is 2.31. The molecule has 0 amide bonds. The number of hydrogen-bond donors (Lipinski definition) is 0. The summed E-state index contributed by atoms with van der Waals surface area (Å²) in [5.74, 6) is 0. The molecule has 19 heavy (non-hydrogen) atoms. The average molecular weight is 250 g/mol. The van der Waals surface area contributed by atoms with Crippen molar-refractivity contribution in [1.29, 1.82) is 0 Å². The van der Waals surface area contributed by atoms with Gasteiger partial charge in [-0.1, -0.05) is 51.1 Å². The lowest BCUT2D eigenvalue weighted by Crippen LogP contribution is -2.14. The lowest BCUT2D eigenvalue weighted by atomic mass is 9.80. The van der Waals surface area contributed by atoms with Crippen LogP contribution in [0.25, 0.3) is 11.1 Å². The predicted molar refractivity (Wildman–Crippen MR) is 82.9 cm³/mol. The summed E-state index contributed by atoms with van der Waals surface area (Å²) in [5, 5.41) is 0. The second kappa shape index (κ2) is 3.96. The fraction of sp³-hybridized carbons (Fsp3) is 0.368. The fourth-order valence-corrected chi connectivity index (χ4v) is 3.34. The molecule has 0 fully saturated rings. The van der Waals surface area contributed by atoms with Crippen molar-refractivity contribution in [3.8, 4) is 11.1 Å². The maximum atomic E-state index is 2.43. The van der Waals surface area contributed by atoms with Crippen LogP contribution in [-0.2, 0) is 11.8 Å². The van der Waals surface area contributed by atoms with Crippen LogP contribution < -0.4 is 0 Å². The summed E-state index contributed by atoms with van der Waals surface area (Å²) in [6, 6.07) is 11.3. The van der Waals surface area contributed by atoms with Crippen molar-refractivity contribution < 1.29 is 0 Å². The van der Waals surface area contributed by atoms with E-state index in [1.807, 2.05) is 0 Å². The van der Waals surface area contributed by atoms with Crippen LogP contribution in [0, 0.1) is 13.8 Å². The number of fused-ring (bicyclic) bond motifs is 3. The van der Waals surface area contributed by atoms with Crippen LogP contribution in [-0.4, -0.2) is 0 Å². The Labute approximate surface area is 116 Å². The molecule has 98 valence electrons. The first-order chi connectivity index (χ1) is 8.89. The highest BCUT2D eigenvalue weighted by atomic mass is 14.3. The Morgan fingerprint density at radius 2 is 1.58 bits per heavy atom. The molecular weight excluding hydrogens is 228 g/mol. The monoisotopic (exact) mass is 250 g/mol. The standard InChI is InChI=1S/C19H22/c1-12-13(2)18(19(3,4)5)11-17-15-9-7-6-8-14(15)10-16(12)17/h6-9,11H,10H2,1-5H3. The molecule has 0 spiro atoms. The predicted octanol–water partition coefficient (Wildman–Crippen LogP) is 5.17. The summed E-state index contributed by atoms with van der Waals surface area (Å²) in [6.45, 7) is 11.5. The molecule has 0 unspecified atom stereocenters. The zero-order valence-corrected chi connectivity index (χ0v) is 12.6. The van der Waals surface area contributed by atoms with E-state index in [0.717, 1.165) is 6.42 Å². The highest BCUT2D eigenvalue weighted by Gasteiger charge is 2.25. The Hall–Kier alpha value is -1.56. The molecule has 1 aliphatic rings. The second-order valence-corrected chi connectivity index (χ2v) is 6.78. The van der Waals surface area contributed by atoms with Gasteiger partial charge in [0, 0.05) is 0 Å². The molecule has 1 aliphatic carbocycles. The third kappa shape index (κ3) is 1.82. The molecule has 2 aromatic rings. The Morgan fingerprint density at radius 3 is 2.26 bits per heavy atom. The summed E-state index contributed by atoms with van der Waals surface area (Å²) >= 11 is 0. The first-order valence-corrected chi connectivity index (χ1v) is 7.11. The lowest BCUT2D eigenvalue weighted by molar-refractivity contribution is 0.585. The van der Waals surface area contributed by atoms with Crippen LogP contribution in [0.4, 0.5) is 0 Å². The van der Waals surface area contributed by atoms with Crippen molar-refractivity contribution in [3.63, 3.8) is 0 Å². The van der Waals surface area contributed by atoms with Crippen LogP contribution in [0.1, 0.15) is 48.6 Å². The van der Waals surface area contributed by atoms with Gasteiger partial charge in [0.1, 0.15) is 0 Å². The van der Waals surface area contributed by atoms with E-state index in [2.05, 4.69) is 65.0 Å². The van der Waals surface area contributed by atoms with Gasteiger partial charge in [0.25, 0.3) is 0 Å². The van der Waals surface area contributed by atoms with Gasteiger partial charge in [-0.15, -0.1) is 0 Å². The fourth-order valence-electron chi connectivity index (χ4n) is 3.34. The summed E-state index contributed by atoms with van der Waals surface area (Å²) < 4.78 is 0. The van der Waals surface area contributed by atoms with E-state index in [1.165, 1.54) is 38.9 Å². The van der Waals surface area contributed by atoms with E-state index in [4.69, 9.17) is 0 Å². The Kier molecular flexibility index (Phi) is 2.60. The first-order valence-electron chi connectivity index (χ1n) is 7.11. The zero-order valence-electron chi connectivity index (χ0n) is 12.6. The molecule has 0 aromatic heterocycles. The van der Waals surface area contributed by atoms with E-state index in [0.29, 0.717) is 0 Å². The van der Waals surface area contributed by atoms with Gasteiger partial charge in [0.2, 0.25) is 0 Å². The third-order valence-electron chi connectivity index (χ3n) is 4.52. The van der Waals surface area contributed by atoms with E-state index < -0.39 is 0 Å². The second-order valence-electron chi connectivity index (χ2n) is 6.78. The van der Waals surface area contributed by atoms with E-state index in [9.17, 15) is 0 Å². The van der Waals surface area contributed by atoms with Gasteiger partial charge < -0.3 is 0 Å².